The van der Waals surface area contributed by atoms with Crippen molar-refractivity contribution in [1.29, 1.82) is 0 Å². The van der Waals surface area contributed by atoms with Gasteiger partial charge < -0.3 is 15.3 Å². The van der Waals surface area contributed by atoms with E-state index in [-0.39, 0.29) is 12.5 Å². The molecule has 0 radical (unpaired) electrons. The van der Waals surface area contributed by atoms with Crippen LogP contribution in [0.25, 0.3) is 10.9 Å². The highest BCUT2D eigenvalue weighted by atomic mass is 16.3. The lowest BCUT2D eigenvalue weighted by molar-refractivity contribution is 0.0756. The molecule has 2 aromatic rings. The van der Waals surface area contributed by atoms with Crippen molar-refractivity contribution in [1.82, 2.24) is 9.88 Å². The zero-order chi connectivity index (χ0) is 15.2. The maximum absolute atomic E-state index is 12.8. The van der Waals surface area contributed by atoms with Gasteiger partial charge in [0, 0.05) is 32.1 Å². The lowest BCUT2D eigenvalue weighted by atomic mass is 10.1. The van der Waals surface area contributed by atoms with Crippen molar-refractivity contribution in [3.8, 4) is 0 Å². The first kappa shape index (κ1) is 15.3. The Morgan fingerprint density at radius 2 is 2.14 bits per heavy atom. The normalized spacial score (nSPS) is 10.6. The van der Waals surface area contributed by atoms with Crippen LogP contribution in [0.5, 0.6) is 0 Å². The summed E-state index contributed by atoms with van der Waals surface area (Å²) in [6.07, 6.45) is 0.585. The van der Waals surface area contributed by atoms with Crippen LogP contribution >= 0.6 is 0 Å². The Morgan fingerprint density at radius 3 is 2.81 bits per heavy atom. The number of fused-ring (bicyclic) bond motifs is 1. The number of nitrogens with zero attached hydrogens (tertiary/aromatic N) is 2. The van der Waals surface area contributed by atoms with Crippen LogP contribution < -0.4 is 5.32 Å². The molecule has 5 heteroatoms. The van der Waals surface area contributed by atoms with E-state index in [2.05, 4.69) is 10.3 Å². The molecule has 1 aromatic carbocycles. The van der Waals surface area contributed by atoms with Gasteiger partial charge in [-0.3, -0.25) is 4.79 Å². The number of amides is 1. The van der Waals surface area contributed by atoms with Gasteiger partial charge in [-0.1, -0.05) is 18.2 Å². The van der Waals surface area contributed by atoms with Crippen LogP contribution in [0.15, 0.2) is 30.3 Å². The third kappa shape index (κ3) is 3.31. The minimum atomic E-state index is -0.0268. The molecule has 1 aromatic heterocycles. The second-order valence-corrected chi connectivity index (χ2v) is 4.78. The third-order valence-electron chi connectivity index (χ3n) is 3.46. The van der Waals surface area contributed by atoms with Crippen LogP contribution in [-0.4, -0.2) is 47.6 Å². The zero-order valence-electron chi connectivity index (χ0n) is 12.5. The summed E-state index contributed by atoms with van der Waals surface area (Å²) < 4.78 is 0. The molecule has 0 aliphatic carbocycles. The molecule has 0 bridgehead atoms. The predicted molar refractivity (Wildman–Crippen MR) is 84.6 cm³/mol. The summed E-state index contributed by atoms with van der Waals surface area (Å²) in [6, 6.07) is 9.41. The van der Waals surface area contributed by atoms with Crippen LogP contribution in [-0.2, 0) is 0 Å². The average Bonchev–Trinajstić information content (AvgIpc) is 2.54. The number of benzene rings is 1. The van der Waals surface area contributed by atoms with Crippen LogP contribution in [0.2, 0.25) is 0 Å². The van der Waals surface area contributed by atoms with E-state index in [9.17, 15) is 4.79 Å². The molecule has 1 heterocycles. The first-order valence-electron chi connectivity index (χ1n) is 7.19. The number of aliphatic hydroxyl groups is 1. The van der Waals surface area contributed by atoms with Crippen molar-refractivity contribution in [2.45, 2.75) is 13.3 Å². The summed E-state index contributed by atoms with van der Waals surface area (Å²) in [5, 5.41) is 12.8. The number of aliphatic hydroxyl groups excluding tert-OH is 1. The van der Waals surface area contributed by atoms with E-state index in [0.29, 0.717) is 30.9 Å². The SMILES string of the molecule is CCN(CCCO)C(=O)c1cc(NC)nc2ccccc12. The van der Waals surface area contributed by atoms with Gasteiger partial charge in [-0.15, -0.1) is 0 Å². The number of aromatic nitrogens is 1. The summed E-state index contributed by atoms with van der Waals surface area (Å²) in [4.78, 5) is 19.0. The first-order valence-corrected chi connectivity index (χ1v) is 7.19. The highest BCUT2D eigenvalue weighted by molar-refractivity contribution is 6.06. The Kier molecular flexibility index (Phi) is 5.11. The van der Waals surface area contributed by atoms with E-state index in [1.54, 1.807) is 18.0 Å². The number of para-hydroxylation sites is 1. The quantitative estimate of drug-likeness (QED) is 0.854. The molecule has 21 heavy (non-hydrogen) atoms. The summed E-state index contributed by atoms with van der Waals surface area (Å²) in [7, 11) is 1.79. The fourth-order valence-corrected chi connectivity index (χ4v) is 2.32. The summed E-state index contributed by atoms with van der Waals surface area (Å²) >= 11 is 0. The van der Waals surface area contributed by atoms with Crippen molar-refractivity contribution in [2.75, 3.05) is 32.1 Å². The number of anilines is 1. The molecule has 0 fully saturated rings. The van der Waals surface area contributed by atoms with Gasteiger partial charge in [0.05, 0.1) is 11.1 Å². The molecule has 0 aliphatic rings. The van der Waals surface area contributed by atoms with Gasteiger partial charge in [0.1, 0.15) is 5.82 Å². The smallest absolute Gasteiger partial charge is 0.254 e. The zero-order valence-corrected chi connectivity index (χ0v) is 12.5. The second kappa shape index (κ2) is 7.04. The van der Waals surface area contributed by atoms with Crippen molar-refractivity contribution in [3.05, 3.63) is 35.9 Å². The van der Waals surface area contributed by atoms with Gasteiger partial charge in [0.25, 0.3) is 5.91 Å². The van der Waals surface area contributed by atoms with Crippen LogP contribution in [0.4, 0.5) is 5.82 Å². The van der Waals surface area contributed by atoms with Gasteiger partial charge in [0.2, 0.25) is 0 Å². The van der Waals surface area contributed by atoms with Gasteiger partial charge in [-0.2, -0.15) is 0 Å². The Hall–Kier alpha value is -2.14. The molecular formula is C16H21N3O2. The van der Waals surface area contributed by atoms with E-state index < -0.39 is 0 Å². The molecular weight excluding hydrogens is 266 g/mol. The summed E-state index contributed by atoms with van der Waals surface area (Å²) in [5.74, 6) is 0.649. The van der Waals surface area contributed by atoms with E-state index in [1.807, 2.05) is 31.2 Å². The Labute approximate surface area is 124 Å². The molecule has 0 atom stereocenters. The minimum absolute atomic E-state index is 0.0268. The molecule has 112 valence electrons. The van der Waals surface area contributed by atoms with Gasteiger partial charge in [0.15, 0.2) is 0 Å². The van der Waals surface area contributed by atoms with Crippen molar-refractivity contribution in [3.63, 3.8) is 0 Å². The first-order chi connectivity index (χ1) is 10.2. The highest BCUT2D eigenvalue weighted by Gasteiger charge is 2.17. The molecule has 0 unspecified atom stereocenters. The fraction of sp³-hybridized carbons (Fsp3) is 0.375. The third-order valence-corrected chi connectivity index (χ3v) is 3.46. The Bertz CT molecular complexity index is 628. The topological polar surface area (TPSA) is 65.5 Å². The fourth-order valence-electron chi connectivity index (χ4n) is 2.32. The van der Waals surface area contributed by atoms with Gasteiger partial charge in [-0.05, 0) is 25.5 Å². The lowest BCUT2D eigenvalue weighted by Gasteiger charge is -2.21. The molecule has 0 aliphatic heterocycles. The average molecular weight is 287 g/mol. The molecule has 0 saturated heterocycles. The molecule has 5 nitrogen and oxygen atoms in total. The maximum atomic E-state index is 12.8. The molecule has 2 N–H and O–H groups in total. The summed E-state index contributed by atoms with van der Waals surface area (Å²) in [6.45, 7) is 3.20. The Balaban J connectivity index is 2.45. The Morgan fingerprint density at radius 1 is 1.38 bits per heavy atom. The van der Waals surface area contributed by atoms with Crippen LogP contribution in [0.1, 0.15) is 23.7 Å². The lowest BCUT2D eigenvalue weighted by Crippen LogP contribution is -2.32. The molecule has 2 rings (SSSR count). The number of nitrogens with one attached hydrogen (secondary N) is 1. The predicted octanol–water partition coefficient (Wildman–Crippen LogP) is 2.12. The number of carbonyl (C=O) groups excluding carboxylic acids is 1. The number of rotatable bonds is 6. The summed E-state index contributed by atoms with van der Waals surface area (Å²) in [5.41, 5.74) is 1.44. The van der Waals surface area contributed by atoms with E-state index in [1.165, 1.54) is 0 Å². The minimum Gasteiger partial charge on any atom is -0.396 e. The number of pyridine rings is 1. The van der Waals surface area contributed by atoms with E-state index >= 15 is 0 Å². The number of carbonyl (C=O) groups is 1. The maximum Gasteiger partial charge on any atom is 0.254 e. The van der Waals surface area contributed by atoms with Gasteiger partial charge >= 0.3 is 0 Å². The molecule has 0 saturated carbocycles. The second-order valence-electron chi connectivity index (χ2n) is 4.78. The van der Waals surface area contributed by atoms with Crippen LogP contribution in [0.3, 0.4) is 0 Å². The molecule has 1 amide bonds. The van der Waals surface area contributed by atoms with E-state index in [4.69, 9.17) is 5.11 Å². The van der Waals surface area contributed by atoms with Gasteiger partial charge in [-0.25, -0.2) is 4.98 Å². The van der Waals surface area contributed by atoms with Crippen LogP contribution in [0, 0.1) is 0 Å². The number of hydrogen-bond acceptors (Lipinski definition) is 4. The van der Waals surface area contributed by atoms with Crippen molar-refractivity contribution in [2.24, 2.45) is 0 Å². The highest BCUT2D eigenvalue weighted by Crippen LogP contribution is 2.22. The van der Waals surface area contributed by atoms with Crippen molar-refractivity contribution >= 4 is 22.6 Å². The standard InChI is InChI=1S/C16H21N3O2/c1-3-19(9-6-10-20)16(21)13-11-15(17-2)18-14-8-5-4-7-12(13)14/h4-5,7-8,11,20H,3,6,9-10H2,1-2H3,(H,17,18). The molecule has 0 spiro atoms. The monoisotopic (exact) mass is 287 g/mol. The van der Waals surface area contributed by atoms with Crippen molar-refractivity contribution < 1.29 is 9.90 Å². The number of hydrogen-bond donors (Lipinski definition) is 2. The van der Waals surface area contributed by atoms with E-state index in [0.717, 1.165) is 10.9 Å². The largest absolute Gasteiger partial charge is 0.396 e.